The van der Waals surface area contributed by atoms with E-state index < -0.39 is 0 Å². The van der Waals surface area contributed by atoms with Crippen LogP contribution in [-0.4, -0.2) is 68.3 Å². The third kappa shape index (κ3) is 3.32. The van der Waals surface area contributed by atoms with Gasteiger partial charge in [0.1, 0.15) is 5.75 Å². The molecular weight excluding hydrogens is 298 g/mol. The summed E-state index contributed by atoms with van der Waals surface area (Å²) in [7, 11) is 2.33. The number of hydrogen-bond acceptors (Lipinski definition) is 4. The van der Waals surface area contributed by atoms with Crippen molar-refractivity contribution in [2.45, 2.75) is 31.2 Å². The average Bonchev–Trinajstić information content (AvgIpc) is 2.81. The number of fused-ring (bicyclic) bond motifs is 1. The fourth-order valence-electron chi connectivity index (χ4n) is 4.82. The van der Waals surface area contributed by atoms with E-state index in [-0.39, 0.29) is 0 Å². The molecule has 4 heteroatoms. The molecule has 0 aromatic heterocycles. The van der Waals surface area contributed by atoms with Crippen molar-refractivity contribution < 1.29 is 4.74 Å². The van der Waals surface area contributed by atoms with Crippen LogP contribution in [0.25, 0.3) is 0 Å². The quantitative estimate of drug-likeness (QED) is 0.898. The molecule has 1 aromatic rings. The number of benzene rings is 1. The van der Waals surface area contributed by atoms with Gasteiger partial charge in [-0.15, -0.1) is 0 Å². The highest BCUT2D eigenvalue weighted by Crippen LogP contribution is 2.31. The fourth-order valence-corrected chi connectivity index (χ4v) is 4.82. The standard InChI is InChI=1S/C20H31N3O/c1-22-11-12-23(16-20(22)7-9-21-10-8-20)15-17-6-13-24-19-5-3-2-4-18(19)14-17/h2-5,17,21H,6-16H2,1H3/t17-/m0/s1. The molecule has 132 valence electrons. The predicted molar refractivity (Wildman–Crippen MR) is 97.7 cm³/mol. The summed E-state index contributed by atoms with van der Waals surface area (Å²) in [5.74, 6) is 1.82. The van der Waals surface area contributed by atoms with E-state index in [2.05, 4.69) is 46.4 Å². The molecule has 2 saturated heterocycles. The number of ether oxygens (including phenoxy) is 1. The zero-order valence-corrected chi connectivity index (χ0v) is 15.0. The third-order valence-electron chi connectivity index (χ3n) is 6.39. The molecule has 0 amide bonds. The van der Waals surface area contributed by atoms with Gasteiger partial charge in [-0.2, -0.15) is 0 Å². The Morgan fingerprint density at radius 3 is 2.92 bits per heavy atom. The fraction of sp³-hybridized carbons (Fsp3) is 0.700. The van der Waals surface area contributed by atoms with Gasteiger partial charge in [0.2, 0.25) is 0 Å². The number of piperazine rings is 1. The molecule has 4 nitrogen and oxygen atoms in total. The Labute approximate surface area is 146 Å². The predicted octanol–water partition coefficient (Wildman–Crippen LogP) is 2.00. The van der Waals surface area contributed by atoms with E-state index >= 15 is 0 Å². The number of para-hydroxylation sites is 1. The highest BCUT2D eigenvalue weighted by atomic mass is 16.5. The van der Waals surface area contributed by atoms with Gasteiger partial charge >= 0.3 is 0 Å². The number of hydrogen-bond donors (Lipinski definition) is 1. The van der Waals surface area contributed by atoms with Crippen molar-refractivity contribution in [3.63, 3.8) is 0 Å². The van der Waals surface area contributed by atoms with Crippen molar-refractivity contribution in [2.24, 2.45) is 5.92 Å². The molecular formula is C20H31N3O. The van der Waals surface area contributed by atoms with Crippen LogP contribution in [0.3, 0.4) is 0 Å². The van der Waals surface area contributed by atoms with Crippen LogP contribution in [0.4, 0.5) is 0 Å². The lowest BCUT2D eigenvalue weighted by Gasteiger charge is -2.52. The number of rotatable bonds is 2. The van der Waals surface area contributed by atoms with Crippen molar-refractivity contribution in [2.75, 3.05) is 52.9 Å². The summed E-state index contributed by atoms with van der Waals surface area (Å²) in [5, 5.41) is 3.53. The van der Waals surface area contributed by atoms with E-state index in [9.17, 15) is 0 Å². The normalized spacial score (nSPS) is 28.1. The average molecular weight is 329 g/mol. The lowest BCUT2D eigenvalue weighted by Crippen LogP contribution is -2.64. The largest absolute Gasteiger partial charge is 0.493 e. The minimum absolute atomic E-state index is 0.405. The molecule has 3 aliphatic rings. The molecule has 0 bridgehead atoms. The molecule has 0 radical (unpaired) electrons. The van der Waals surface area contributed by atoms with E-state index in [4.69, 9.17) is 4.74 Å². The minimum Gasteiger partial charge on any atom is -0.493 e. The molecule has 0 unspecified atom stereocenters. The van der Waals surface area contributed by atoms with Gasteiger partial charge in [0.05, 0.1) is 6.61 Å². The highest BCUT2D eigenvalue weighted by Gasteiger charge is 2.40. The van der Waals surface area contributed by atoms with Crippen molar-refractivity contribution in [3.8, 4) is 5.75 Å². The van der Waals surface area contributed by atoms with Crippen LogP contribution in [0.5, 0.6) is 5.75 Å². The number of nitrogens with one attached hydrogen (secondary N) is 1. The maximum atomic E-state index is 5.96. The van der Waals surface area contributed by atoms with Gasteiger partial charge in [-0.3, -0.25) is 9.80 Å². The van der Waals surface area contributed by atoms with Crippen molar-refractivity contribution >= 4 is 0 Å². The Hall–Kier alpha value is -1.10. The summed E-state index contributed by atoms with van der Waals surface area (Å²) in [6.07, 6.45) is 4.92. The number of piperidine rings is 1. The monoisotopic (exact) mass is 329 g/mol. The van der Waals surface area contributed by atoms with Crippen LogP contribution in [0.15, 0.2) is 24.3 Å². The Balaban J connectivity index is 1.42. The summed E-state index contributed by atoms with van der Waals surface area (Å²) < 4.78 is 5.96. The van der Waals surface area contributed by atoms with Crippen LogP contribution >= 0.6 is 0 Å². The zero-order valence-electron chi connectivity index (χ0n) is 15.0. The summed E-state index contributed by atoms with van der Waals surface area (Å²) in [5.41, 5.74) is 1.80. The maximum absolute atomic E-state index is 5.96. The lowest BCUT2D eigenvalue weighted by atomic mass is 9.84. The molecule has 24 heavy (non-hydrogen) atoms. The highest BCUT2D eigenvalue weighted by molar-refractivity contribution is 5.34. The van der Waals surface area contributed by atoms with Gasteiger partial charge in [0.25, 0.3) is 0 Å². The van der Waals surface area contributed by atoms with Crippen LogP contribution in [-0.2, 0) is 6.42 Å². The third-order valence-corrected chi connectivity index (χ3v) is 6.39. The SMILES string of the molecule is CN1CCN(C[C@H]2CCOc3ccccc3C2)CC12CCNCC2. The second kappa shape index (κ2) is 7.03. The molecule has 3 aliphatic heterocycles. The topological polar surface area (TPSA) is 27.7 Å². The van der Waals surface area contributed by atoms with Crippen molar-refractivity contribution in [1.29, 1.82) is 0 Å². The van der Waals surface area contributed by atoms with Gasteiger partial charge in [0.15, 0.2) is 0 Å². The Morgan fingerprint density at radius 2 is 2.04 bits per heavy atom. The molecule has 1 aromatic carbocycles. The number of nitrogens with zero attached hydrogens (tertiary/aromatic N) is 2. The Morgan fingerprint density at radius 1 is 1.21 bits per heavy atom. The summed E-state index contributed by atoms with van der Waals surface area (Å²) >= 11 is 0. The zero-order chi connectivity index (χ0) is 16.4. The van der Waals surface area contributed by atoms with E-state index in [1.54, 1.807) is 0 Å². The Bertz CT molecular complexity index is 556. The lowest BCUT2D eigenvalue weighted by molar-refractivity contribution is -0.0110. The summed E-state index contributed by atoms with van der Waals surface area (Å²) in [4.78, 5) is 5.37. The van der Waals surface area contributed by atoms with E-state index in [0.717, 1.165) is 24.7 Å². The smallest absolute Gasteiger partial charge is 0.122 e. The van der Waals surface area contributed by atoms with Gasteiger partial charge < -0.3 is 10.1 Å². The first-order valence-electron chi connectivity index (χ1n) is 9.60. The molecule has 0 aliphatic carbocycles. The van der Waals surface area contributed by atoms with Crippen molar-refractivity contribution in [3.05, 3.63) is 29.8 Å². The summed E-state index contributed by atoms with van der Waals surface area (Å²) in [6, 6.07) is 8.59. The first-order chi connectivity index (χ1) is 11.8. The van der Waals surface area contributed by atoms with Crippen LogP contribution in [0.2, 0.25) is 0 Å². The van der Waals surface area contributed by atoms with Gasteiger partial charge in [-0.25, -0.2) is 0 Å². The molecule has 1 atom stereocenters. The van der Waals surface area contributed by atoms with Crippen LogP contribution in [0.1, 0.15) is 24.8 Å². The van der Waals surface area contributed by atoms with Gasteiger partial charge in [-0.05, 0) is 63.4 Å². The molecule has 4 rings (SSSR count). The molecule has 0 saturated carbocycles. The van der Waals surface area contributed by atoms with Crippen LogP contribution < -0.4 is 10.1 Å². The van der Waals surface area contributed by atoms with E-state index in [0.29, 0.717) is 5.54 Å². The van der Waals surface area contributed by atoms with Gasteiger partial charge in [0, 0.05) is 31.7 Å². The second-order valence-corrected chi connectivity index (χ2v) is 7.95. The molecule has 2 fully saturated rings. The first kappa shape index (κ1) is 16.4. The van der Waals surface area contributed by atoms with E-state index in [1.807, 2.05) is 0 Å². The maximum Gasteiger partial charge on any atom is 0.122 e. The minimum atomic E-state index is 0.405. The molecule has 3 heterocycles. The van der Waals surface area contributed by atoms with Crippen molar-refractivity contribution in [1.82, 2.24) is 15.1 Å². The van der Waals surface area contributed by atoms with E-state index in [1.165, 1.54) is 64.1 Å². The van der Waals surface area contributed by atoms with Crippen LogP contribution in [0, 0.1) is 5.92 Å². The molecule has 1 N–H and O–H groups in total. The van der Waals surface area contributed by atoms with Gasteiger partial charge in [-0.1, -0.05) is 18.2 Å². The second-order valence-electron chi connectivity index (χ2n) is 7.95. The molecule has 1 spiro atoms. The number of likely N-dealkylation sites (N-methyl/N-ethyl adjacent to an activating group) is 1. The summed E-state index contributed by atoms with van der Waals surface area (Å²) in [6.45, 7) is 8.09. The first-order valence-corrected chi connectivity index (χ1v) is 9.60. The Kier molecular flexibility index (Phi) is 4.79.